The number of fused-ring (bicyclic) bond motifs is 1. The molecule has 0 bridgehead atoms. The summed E-state index contributed by atoms with van der Waals surface area (Å²) in [5.74, 6) is 2.36. The van der Waals surface area contributed by atoms with E-state index >= 15 is 0 Å². The molecule has 1 aliphatic carbocycles. The van der Waals surface area contributed by atoms with Gasteiger partial charge in [0.2, 0.25) is 12.2 Å². The minimum Gasteiger partial charge on any atom is -0.461 e. The molecule has 7 heteroatoms. The molecule has 2 aliphatic heterocycles. The van der Waals surface area contributed by atoms with Crippen molar-refractivity contribution in [2.24, 2.45) is 20.8 Å². The molecule has 7 nitrogen and oxygen atoms in total. The summed E-state index contributed by atoms with van der Waals surface area (Å²) >= 11 is 0. The fourth-order valence-corrected chi connectivity index (χ4v) is 3.12. The third-order valence-electron chi connectivity index (χ3n) is 4.19. The van der Waals surface area contributed by atoms with Gasteiger partial charge in [0.05, 0.1) is 18.4 Å². The number of nitrogens with one attached hydrogen (secondary N) is 1. The summed E-state index contributed by atoms with van der Waals surface area (Å²) in [6.07, 6.45) is 11.2. The molecule has 0 amide bonds. The molecular weight excluding hydrogens is 280 g/mol. The van der Waals surface area contributed by atoms with Crippen LogP contribution in [0.3, 0.4) is 0 Å². The van der Waals surface area contributed by atoms with Gasteiger partial charge < -0.3 is 10.2 Å². The zero-order valence-corrected chi connectivity index (χ0v) is 12.3. The first kappa shape index (κ1) is 13.4. The van der Waals surface area contributed by atoms with E-state index in [1.165, 1.54) is 19.3 Å². The molecule has 0 aromatic carbocycles. The zero-order valence-electron chi connectivity index (χ0n) is 12.3. The molecule has 4 rings (SSSR count). The Kier molecular flexibility index (Phi) is 3.16. The molecule has 1 saturated carbocycles. The Balaban J connectivity index is 1.63. The van der Waals surface area contributed by atoms with Gasteiger partial charge in [0.15, 0.2) is 11.6 Å². The van der Waals surface area contributed by atoms with Gasteiger partial charge in [-0.3, -0.25) is 0 Å². The highest BCUT2D eigenvalue weighted by molar-refractivity contribution is 6.03. The lowest BCUT2D eigenvalue weighted by atomic mass is 9.96. The normalized spacial score (nSPS) is 28.1. The molecular formula is C15H19N6O+. The summed E-state index contributed by atoms with van der Waals surface area (Å²) in [5.41, 5.74) is 9.46. The molecule has 0 spiro atoms. The van der Waals surface area contributed by atoms with Gasteiger partial charge in [-0.05, 0) is 34.8 Å². The van der Waals surface area contributed by atoms with Gasteiger partial charge in [-0.1, -0.05) is 19.3 Å². The van der Waals surface area contributed by atoms with E-state index in [0.717, 1.165) is 18.7 Å². The smallest absolute Gasteiger partial charge is 0.286 e. The highest BCUT2D eigenvalue weighted by atomic mass is 16.3. The average molecular weight is 299 g/mol. The first-order valence-electron chi connectivity index (χ1n) is 7.67. The second-order valence-electron chi connectivity index (χ2n) is 5.83. The number of hydrogen-bond acceptors (Lipinski definition) is 6. The number of amidine groups is 2. The van der Waals surface area contributed by atoms with E-state index in [0.29, 0.717) is 23.5 Å². The second kappa shape index (κ2) is 5.19. The maximum Gasteiger partial charge on any atom is 0.286 e. The van der Waals surface area contributed by atoms with Crippen molar-refractivity contribution >= 4 is 18.0 Å². The standard InChI is InChI=1S/C15H19N6O/c16-13-9-14-18-15(12-7-4-8-22-12)17-10-21(14,20-13)19-11-5-2-1-3-6-11/h4,7-11,19H,1-3,5-6H2,(H2,16,20)/q+1. The van der Waals surface area contributed by atoms with E-state index in [9.17, 15) is 0 Å². The number of aliphatic imine (C=N–C) groups is 2. The molecule has 22 heavy (non-hydrogen) atoms. The van der Waals surface area contributed by atoms with Crippen molar-refractivity contribution in [2.75, 3.05) is 0 Å². The van der Waals surface area contributed by atoms with Crippen LogP contribution in [0.15, 0.2) is 49.8 Å². The number of furan rings is 1. The van der Waals surface area contributed by atoms with E-state index in [1.807, 2.05) is 12.1 Å². The van der Waals surface area contributed by atoms with Crippen molar-refractivity contribution in [3.8, 4) is 0 Å². The van der Waals surface area contributed by atoms with E-state index in [4.69, 9.17) is 10.2 Å². The number of quaternary nitrogens is 1. The molecule has 3 N–H and O–H groups in total. The van der Waals surface area contributed by atoms with Gasteiger partial charge in [0.25, 0.3) is 5.82 Å². The fraction of sp³-hybridized carbons (Fsp3) is 0.400. The lowest BCUT2D eigenvalue weighted by Crippen LogP contribution is -2.56. The Morgan fingerprint density at radius 1 is 1.27 bits per heavy atom. The van der Waals surface area contributed by atoms with Crippen LogP contribution in [0.25, 0.3) is 0 Å². The number of nitrogens with zero attached hydrogens (tertiary/aromatic N) is 4. The average Bonchev–Trinajstić information content (AvgIpc) is 3.14. The monoisotopic (exact) mass is 299 g/mol. The molecule has 114 valence electrons. The maximum absolute atomic E-state index is 5.91. The van der Waals surface area contributed by atoms with E-state index < -0.39 is 0 Å². The van der Waals surface area contributed by atoms with Gasteiger partial charge >= 0.3 is 0 Å². The van der Waals surface area contributed by atoms with Crippen LogP contribution in [0.4, 0.5) is 0 Å². The van der Waals surface area contributed by atoms with E-state index in [-0.39, 0.29) is 4.70 Å². The predicted molar refractivity (Wildman–Crippen MR) is 83.7 cm³/mol. The fourth-order valence-electron chi connectivity index (χ4n) is 3.12. The zero-order chi connectivity index (χ0) is 15.0. The van der Waals surface area contributed by atoms with Crippen LogP contribution in [-0.2, 0) is 0 Å². The number of rotatable bonds is 3. The van der Waals surface area contributed by atoms with Crippen molar-refractivity contribution in [1.29, 1.82) is 0 Å². The van der Waals surface area contributed by atoms with Crippen molar-refractivity contribution < 1.29 is 9.12 Å². The van der Waals surface area contributed by atoms with Crippen molar-refractivity contribution in [2.45, 2.75) is 38.1 Å². The molecule has 1 atom stereocenters. The largest absolute Gasteiger partial charge is 0.461 e. The molecule has 1 unspecified atom stereocenters. The van der Waals surface area contributed by atoms with Crippen molar-refractivity contribution in [3.63, 3.8) is 0 Å². The van der Waals surface area contributed by atoms with E-state index in [2.05, 4.69) is 20.5 Å². The predicted octanol–water partition coefficient (Wildman–Crippen LogP) is 1.85. The first-order valence-corrected chi connectivity index (χ1v) is 7.67. The lowest BCUT2D eigenvalue weighted by Gasteiger charge is -2.31. The summed E-state index contributed by atoms with van der Waals surface area (Å²) in [5, 5.41) is 4.49. The summed E-state index contributed by atoms with van der Waals surface area (Å²) in [7, 11) is 0. The molecule has 1 aromatic rings. The van der Waals surface area contributed by atoms with Crippen LogP contribution >= 0.6 is 0 Å². The molecule has 0 saturated heterocycles. The third kappa shape index (κ3) is 2.28. The van der Waals surface area contributed by atoms with Crippen LogP contribution in [0, 0.1) is 0 Å². The van der Waals surface area contributed by atoms with Crippen molar-refractivity contribution in [3.05, 3.63) is 36.1 Å². The van der Waals surface area contributed by atoms with Crippen LogP contribution in [-0.4, -0.2) is 28.8 Å². The second-order valence-corrected chi connectivity index (χ2v) is 5.83. The Morgan fingerprint density at radius 3 is 2.91 bits per heavy atom. The quantitative estimate of drug-likeness (QED) is 0.835. The van der Waals surface area contributed by atoms with Crippen LogP contribution in [0.5, 0.6) is 0 Å². The highest BCUT2D eigenvalue weighted by Crippen LogP contribution is 2.28. The van der Waals surface area contributed by atoms with Gasteiger partial charge in [-0.15, -0.1) is 5.43 Å². The Bertz CT molecular complexity index is 681. The van der Waals surface area contributed by atoms with Gasteiger partial charge in [0, 0.05) is 0 Å². The minimum absolute atomic E-state index is 0.0563. The summed E-state index contributed by atoms with van der Waals surface area (Å²) in [4.78, 5) is 9.00. The number of nitrogens with two attached hydrogens (primary N) is 1. The van der Waals surface area contributed by atoms with Gasteiger partial charge in [-0.25, -0.2) is 0 Å². The molecule has 1 fully saturated rings. The Morgan fingerprint density at radius 2 is 2.14 bits per heavy atom. The highest BCUT2D eigenvalue weighted by Gasteiger charge is 2.43. The summed E-state index contributed by atoms with van der Waals surface area (Å²) in [6.45, 7) is 0. The molecule has 3 aliphatic rings. The molecule has 1 aromatic heterocycles. The molecule has 0 radical (unpaired) electrons. The topological polar surface area (TPSA) is 88.3 Å². The summed E-state index contributed by atoms with van der Waals surface area (Å²) in [6, 6.07) is 4.06. The number of hydrogen-bond donors (Lipinski definition) is 2. The van der Waals surface area contributed by atoms with Gasteiger partial charge in [0.1, 0.15) is 0 Å². The van der Waals surface area contributed by atoms with E-state index in [1.54, 1.807) is 18.7 Å². The van der Waals surface area contributed by atoms with Crippen LogP contribution in [0.1, 0.15) is 37.9 Å². The molecule has 3 heterocycles. The third-order valence-corrected chi connectivity index (χ3v) is 4.19. The van der Waals surface area contributed by atoms with Crippen LogP contribution < -0.4 is 11.2 Å². The van der Waals surface area contributed by atoms with Crippen LogP contribution in [0.2, 0.25) is 0 Å². The maximum atomic E-state index is 5.91. The first-order chi connectivity index (χ1) is 10.8. The summed E-state index contributed by atoms with van der Waals surface area (Å²) < 4.78 is 5.42. The Hall–Kier alpha value is -2.25. The van der Waals surface area contributed by atoms with Gasteiger partial charge in [-0.2, -0.15) is 9.98 Å². The lowest BCUT2D eigenvalue weighted by molar-refractivity contribution is -0.852. The Labute approximate surface area is 128 Å². The van der Waals surface area contributed by atoms with Crippen molar-refractivity contribution in [1.82, 2.24) is 5.43 Å². The SMILES string of the molecule is NC1=N[N+]2(NC3CCCCC3)C=NC(c3ccco3)=NC2=C1. The minimum atomic E-state index is 0.0563.